The van der Waals surface area contributed by atoms with E-state index < -0.39 is 15.4 Å². The number of carbonyl (C=O) groups is 1. The zero-order chi connectivity index (χ0) is 21.5. The number of aryl methyl sites for hydroxylation is 2. The lowest BCUT2D eigenvalue weighted by atomic mass is 9.98. The predicted molar refractivity (Wildman–Crippen MR) is 113 cm³/mol. The molecule has 0 bridgehead atoms. The molecule has 9 heteroatoms. The normalized spacial score (nSPS) is 20.2. The third-order valence-corrected chi connectivity index (χ3v) is 7.26. The summed E-state index contributed by atoms with van der Waals surface area (Å²) in [4.78, 5) is 13.1. The van der Waals surface area contributed by atoms with Crippen molar-refractivity contribution in [2.45, 2.75) is 32.7 Å². The van der Waals surface area contributed by atoms with E-state index in [4.69, 9.17) is 0 Å². The summed E-state index contributed by atoms with van der Waals surface area (Å²) in [5.74, 6) is 0.303. The molecule has 3 aromatic rings. The van der Waals surface area contributed by atoms with Gasteiger partial charge >= 0.3 is 0 Å². The number of hydrogen-bond donors (Lipinski definition) is 1. The molecule has 1 aromatic heterocycles. The molecule has 1 aliphatic rings. The maximum atomic E-state index is 13.1. The Morgan fingerprint density at radius 1 is 1.10 bits per heavy atom. The first-order valence-electron chi connectivity index (χ1n) is 9.65. The van der Waals surface area contributed by atoms with Gasteiger partial charge in [-0.05, 0) is 66.9 Å². The van der Waals surface area contributed by atoms with E-state index in [0.717, 1.165) is 16.7 Å². The maximum absolute atomic E-state index is 13.1. The Morgan fingerprint density at radius 3 is 2.43 bits per heavy atom. The first-order chi connectivity index (χ1) is 14.1. The van der Waals surface area contributed by atoms with Crippen molar-refractivity contribution in [1.29, 1.82) is 0 Å². The van der Waals surface area contributed by atoms with Crippen molar-refractivity contribution in [3.05, 3.63) is 59.4 Å². The van der Waals surface area contributed by atoms with Crippen molar-refractivity contribution in [2.75, 3.05) is 11.5 Å². The van der Waals surface area contributed by atoms with Crippen LogP contribution in [-0.2, 0) is 9.84 Å². The molecule has 1 saturated heterocycles. The molecule has 8 nitrogen and oxygen atoms in total. The second-order valence-corrected chi connectivity index (χ2v) is 10.3. The number of nitrogens with zero attached hydrogens (tertiary/aromatic N) is 4. The molecule has 1 unspecified atom stereocenters. The van der Waals surface area contributed by atoms with E-state index in [9.17, 15) is 13.2 Å². The molecule has 2 aromatic carbocycles. The van der Waals surface area contributed by atoms with E-state index in [2.05, 4.69) is 20.8 Å². The van der Waals surface area contributed by atoms with Gasteiger partial charge in [-0.2, -0.15) is 4.68 Å². The number of hydrogen-bond acceptors (Lipinski definition) is 6. The van der Waals surface area contributed by atoms with Crippen LogP contribution in [0.5, 0.6) is 0 Å². The molecule has 0 spiro atoms. The van der Waals surface area contributed by atoms with Gasteiger partial charge in [0, 0.05) is 5.56 Å². The minimum Gasteiger partial charge on any atom is -0.346 e. The zero-order valence-electron chi connectivity index (χ0n) is 17.1. The Morgan fingerprint density at radius 2 is 1.83 bits per heavy atom. The van der Waals surface area contributed by atoms with E-state index in [1.807, 2.05) is 37.3 Å². The molecule has 0 saturated carbocycles. The van der Waals surface area contributed by atoms with E-state index in [1.54, 1.807) is 30.7 Å². The lowest BCUT2D eigenvalue weighted by molar-refractivity contribution is 0.0915. The van der Waals surface area contributed by atoms with Gasteiger partial charge in [-0.1, -0.05) is 29.8 Å². The van der Waals surface area contributed by atoms with Crippen LogP contribution >= 0.6 is 0 Å². The van der Waals surface area contributed by atoms with Gasteiger partial charge in [0.05, 0.1) is 22.7 Å². The van der Waals surface area contributed by atoms with Crippen molar-refractivity contribution in [3.8, 4) is 16.8 Å². The number of nitrogens with one attached hydrogen (secondary N) is 1. The SMILES string of the molecule is Cc1ccc(-c2cc(C(=O)NC3(C)CCS(=O)(=O)C3)cc(-n3nnnc3C)c2)cc1. The molecule has 2 heterocycles. The third-order valence-electron chi connectivity index (χ3n) is 5.35. The summed E-state index contributed by atoms with van der Waals surface area (Å²) in [6.45, 7) is 5.56. The topological polar surface area (TPSA) is 107 Å². The smallest absolute Gasteiger partial charge is 0.251 e. The Bertz CT molecular complexity index is 1220. The lowest BCUT2D eigenvalue weighted by Gasteiger charge is -2.24. The Balaban J connectivity index is 1.75. The number of aromatic nitrogens is 4. The molecule has 1 aliphatic heterocycles. The fourth-order valence-corrected chi connectivity index (χ4v) is 5.80. The second kappa shape index (κ2) is 7.32. The van der Waals surface area contributed by atoms with E-state index in [-0.39, 0.29) is 17.4 Å². The van der Waals surface area contributed by atoms with Crippen LogP contribution in [0, 0.1) is 13.8 Å². The van der Waals surface area contributed by atoms with Crippen molar-refractivity contribution in [1.82, 2.24) is 25.5 Å². The fourth-order valence-electron chi connectivity index (χ4n) is 3.70. The van der Waals surface area contributed by atoms with Crippen molar-refractivity contribution in [3.63, 3.8) is 0 Å². The highest BCUT2D eigenvalue weighted by molar-refractivity contribution is 7.91. The van der Waals surface area contributed by atoms with Crippen molar-refractivity contribution >= 4 is 15.7 Å². The van der Waals surface area contributed by atoms with E-state index in [1.165, 1.54) is 0 Å². The quantitative estimate of drug-likeness (QED) is 0.687. The number of tetrazole rings is 1. The molecule has 1 fully saturated rings. The van der Waals surface area contributed by atoms with Gasteiger partial charge in [-0.15, -0.1) is 5.10 Å². The highest BCUT2D eigenvalue weighted by Gasteiger charge is 2.39. The standard InChI is InChI=1S/C21H23N5O3S/c1-14-4-6-16(7-5-14)17-10-18(12-19(11-17)26-15(2)23-24-25-26)20(27)22-21(3)8-9-30(28,29)13-21/h4-7,10-12H,8-9,13H2,1-3H3,(H,22,27). The molecule has 0 aliphatic carbocycles. The first-order valence-corrected chi connectivity index (χ1v) is 11.5. The summed E-state index contributed by atoms with van der Waals surface area (Å²) in [5.41, 5.74) is 3.24. The highest BCUT2D eigenvalue weighted by atomic mass is 32.2. The largest absolute Gasteiger partial charge is 0.346 e. The van der Waals surface area contributed by atoms with Crippen LogP contribution in [0.3, 0.4) is 0 Å². The maximum Gasteiger partial charge on any atom is 0.251 e. The predicted octanol–water partition coefficient (Wildman–Crippen LogP) is 2.25. The second-order valence-electron chi connectivity index (χ2n) is 8.13. The lowest BCUT2D eigenvalue weighted by Crippen LogP contribution is -2.46. The van der Waals surface area contributed by atoms with Gasteiger partial charge in [-0.25, -0.2) is 8.42 Å². The molecule has 30 heavy (non-hydrogen) atoms. The van der Waals surface area contributed by atoms with Crippen LogP contribution in [0.2, 0.25) is 0 Å². The Kier molecular flexibility index (Phi) is 4.93. The van der Waals surface area contributed by atoms with Crippen LogP contribution in [0.15, 0.2) is 42.5 Å². The Hall–Kier alpha value is -3.07. The van der Waals surface area contributed by atoms with Crippen molar-refractivity contribution in [2.24, 2.45) is 0 Å². The molecule has 4 rings (SSSR count). The summed E-state index contributed by atoms with van der Waals surface area (Å²) in [6, 6.07) is 13.4. The van der Waals surface area contributed by atoms with Crippen LogP contribution in [0.25, 0.3) is 16.8 Å². The van der Waals surface area contributed by atoms with Crippen molar-refractivity contribution < 1.29 is 13.2 Å². The van der Waals surface area contributed by atoms with E-state index in [0.29, 0.717) is 23.5 Å². The monoisotopic (exact) mass is 425 g/mol. The first kappa shape index (κ1) is 20.2. The van der Waals surface area contributed by atoms with Gasteiger partial charge in [0.1, 0.15) is 0 Å². The average molecular weight is 426 g/mol. The van der Waals surface area contributed by atoms with Crippen LogP contribution in [-0.4, -0.2) is 51.6 Å². The molecule has 156 valence electrons. The molecule has 1 amide bonds. The summed E-state index contributed by atoms with van der Waals surface area (Å²) in [5, 5.41) is 14.6. The van der Waals surface area contributed by atoms with Gasteiger partial charge in [-0.3, -0.25) is 4.79 Å². The summed E-state index contributed by atoms with van der Waals surface area (Å²) in [7, 11) is -3.13. The van der Waals surface area contributed by atoms with E-state index >= 15 is 0 Å². The minimum absolute atomic E-state index is 0.0532. The number of amides is 1. The molecular formula is C21H23N5O3S. The van der Waals surface area contributed by atoms with Crippen LogP contribution < -0.4 is 5.32 Å². The molecule has 1 N–H and O–H groups in total. The molecule has 0 radical (unpaired) electrons. The van der Waals surface area contributed by atoms with Gasteiger partial charge < -0.3 is 5.32 Å². The molecule has 1 atom stereocenters. The number of benzene rings is 2. The van der Waals surface area contributed by atoms with Crippen LogP contribution in [0.4, 0.5) is 0 Å². The summed E-state index contributed by atoms with van der Waals surface area (Å²) in [6.07, 6.45) is 0.400. The summed E-state index contributed by atoms with van der Waals surface area (Å²) >= 11 is 0. The zero-order valence-corrected chi connectivity index (χ0v) is 17.9. The number of carbonyl (C=O) groups excluding carboxylic acids is 1. The highest BCUT2D eigenvalue weighted by Crippen LogP contribution is 2.27. The third kappa shape index (κ3) is 4.11. The average Bonchev–Trinajstić information content (AvgIpc) is 3.24. The fraction of sp³-hybridized carbons (Fsp3) is 0.333. The van der Waals surface area contributed by atoms with Gasteiger partial charge in [0.25, 0.3) is 5.91 Å². The Labute approximate surface area is 175 Å². The number of sulfone groups is 1. The van der Waals surface area contributed by atoms with Gasteiger partial charge in [0.2, 0.25) is 0 Å². The summed E-state index contributed by atoms with van der Waals surface area (Å²) < 4.78 is 25.4. The van der Waals surface area contributed by atoms with Gasteiger partial charge in [0.15, 0.2) is 15.7 Å². The molecular weight excluding hydrogens is 402 g/mol. The minimum atomic E-state index is -3.13. The number of rotatable bonds is 4. The van der Waals surface area contributed by atoms with Crippen LogP contribution in [0.1, 0.15) is 35.1 Å².